The molecule has 0 spiro atoms. The molecule has 0 saturated carbocycles. The molecule has 0 bridgehead atoms. The summed E-state index contributed by atoms with van der Waals surface area (Å²) in [6, 6.07) is 23.2. The van der Waals surface area contributed by atoms with Gasteiger partial charge in [-0.3, -0.25) is 0 Å². The normalized spacial score (nSPS) is 11.0. The zero-order valence-corrected chi connectivity index (χ0v) is 17.7. The minimum Gasteiger partial charge on any atom is -0.508 e. The Morgan fingerprint density at radius 1 is 0.719 bits per heavy atom. The van der Waals surface area contributed by atoms with Crippen LogP contribution in [0.25, 0.3) is 21.9 Å². The first-order valence-corrected chi connectivity index (χ1v) is 10.8. The summed E-state index contributed by atoms with van der Waals surface area (Å²) in [5.41, 5.74) is 4.16. The number of hydrogen-bond donors (Lipinski definition) is 2. The van der Waals surface area contributed by atoms with Crippen molar-refractivity contribution < 1.29 is 19.4 Å². The Morgan fingerprint density at radius 2 is 1.41 bits per heavy atom. The smallest absolute Gasteiger partial charge is 0.335 e. The monoisotopic (exact) mass is 428 g/mol. The third kappa shape index (κ3) is 5.14. The van der Waals surface area contributed by atoms with E-state index >= 15 is 0 Å². The van der Waals surface area contributed by atoms with Gasteiger partial charge in [0, 0.05) is 0 Å². The Balaban J connectivity index is 1.37. The van der Waals surface area contributed by atoms with Crippen LogP contribution in [0.5, 0.6) is 5.75 Å². The maximum Gasteiger partial charge on any atom is 0.335 e. The number of rotatable bonds is 8. The van der Waals surface area contributed by atoms with Crippen LogP contribution in [0.3, 0.4) is 0 Å². The first kappa shape index (κ1) is 21.6. The van der Waals surface area contributed by atoms with Gasteiger partial charge in [-0.1, -0.05) is 55.0 Å². The molecule has 4 aromatic carbocycles. The molecule has 4 aromatic rings. The highest BCUT2D eigenvalue weighted by molar-refractivity contribution is 5.90. The summed E-state index contributed by atoms with van der Waals surface area (Å²) in [5, 5.41) is 21.3. The summed E-state index contributed by atoms with van der Waals surface area (Å²) in [6.45, 7) is 0. The van der Waals surface area contributed by atoms with Crippen LogP contribution in [0.2, 0.25) is 0 Å². The van der Waals surface area contributed by atoms with E-state index in [1.165, 1.54) is 17.7 Å². The number of halogens is 1. The highest BCUT2D eigenvalue weighted by Crippen LogP contribution is 2.25. The average Bonchev–Trinajstić information content (AvgIpc) is 2.79. The Labute approximate surface area is 186 Å². The van der Waals surface area contributed by atoms with E-state index in [1.54, 1.807) is 36.4 Å². The number of phenols is 1. The molecule has 0 heterocycles. The van der Waals surface area contributed by atoms with Crippen molar-refractivity contribution in [3.8, 4) is 16.9 Å². The van der Waals surface area contributed by atoms with Crippen LogP contribution >= 0.6 is 0 Å². The fourth-order valence-corrected chi connectivity index (χ4v) is 4.09. The third-order valence-electron chi connectivity index (χ3n) is 5.81. The van der Waals surface area contributed by atoms with Gasteiger partial charge < -0.3 is 10.2 Å². The summed E-state index contributed by atoms with van der Waals surface area (Å²) in [5.74, 6) is -0.942. The van der Waals surface area contributed by atoms with Gasteiger partial charge in [-0.05, 0) is 89.0 Å². The first-order chi connectivity index (χ1) is 15.5. The van der Waals surface area contributed by atoms with Crippen LogP contribution < -0.4 is 0 Å². The molecule has 0 fully saturated rings. The van der Waals surface area contributed by atoms with E-state index in [2.05, 4.69) is 12.1 Å². The third-order valence-corrected chi connectivity index (χ3v) is 5.81. The van der Waals surface area contributed by atoms with Crippen molar-refractivity contribution in [2.45, 2.75) is 32.1 Å². The summed E-state index contributed by atoms with van der Waals surface area (Å²) in [6.07, 6.45) is 4.55. The molecule has 32 heavy (non-hydrogen) atoms. The van der Waals surface area contributed by atoms with Crippen molar-refractivity contribution in [3.05, 3.63) is 101 Å². The average molecular weight is 429 g/mol. The van der Waals surface area contributed by atoms with Crippen LogP contribution in [-0.2, 0) is 12.8 Å². The number of unbranched alkanes of at least 4 members (excludes halogenated alkanes) is 2. The second-order valence-electron chi connectivity index (χ2n) is 8.11. The van der Waals surface area contributed by atoms with Gasteiger partial charge in [0.15, 0.2) is 0 Å². The SMILES string of the molecule is O=C(O)c1ccc(-c2ccc(F)cc2)cc1CCCCCc1ccc2cc(O)ccc2c1. The molecule has 0 amide bonds. The lowest BCUT2D eigenvalue weighted by Gasteiger charge is -2.10. The Kier molecular flexibility index (Phi) is 6.50. The molecule has 4 heteroatoms. The van der Waals surface area contributed by atoms with Crippen molar-refractivity contribution in [1.29, 1.82) is 0 Å². The van der Waals surface area contributed by atoms with E-state index in [4.69, 9.17) is 0 Å². The topological polar surface area (TPSA) is 57.5 Å². The van der Waals surface area contributed by atoms with E-state index in [-0.39, 0.29) is 11.6 Å². The second kappa shape index (κ2) is 9.65. The molecule has 0 aliphatic rings. The number of hydrogen-bond acceptors (Lipinski definition) is 2. The van der Waals surface area contributed by atoms with Gasteiger partial charge in [0.25, 0.3) is 0 Å². The number of aromatic carboxylic acids is 1. The molecule has 3 nitrogen and oxygen atoms in total. The molecule has 4 rings (SSSR count). The van der Waals surface area contributed by atoms with E-state index in [9.17, 15) is 19.4 Å². The van der Waals surface area contributed by atoms with E-state index in [0.717, 1.165) is 53.1 Å². The lowest BCUT2D eigenvalue weighted by Crippen LogP contribution is -2.03. The van der Waals surface area contributed by atoms with Crippen LogP contribution in [-0.4, -0.2) is 16.2 Å². The van der Waals surface area contributed by atoms with Crippen LogP contribution in [0.4, 0.5) is 4.39 Å². The van der Waals surface area contributed by atoms with Gasteiger partial charge in [0.1, 0.15) is 11.6 Å². The lowest BCUT2D eigenvalue weighted by atomic mass is 9.95. The number of fused-ring (bicyclic) bond motifs is 1. The Hall–Kier alpha value is -3.66. The second-order valence-corrected chi connectivity index (χ2v) is 8.11. The maximum atomic E-state index is 13.2. The van der Waals surface area contributed by atoms with Gasteiger partial charge >= 0.3 is 5.97 Å². The quantitative estimate of drug-likeness (QED) is 0.297. The number of carboxylic acids is 1. The first-order valence-electron chi connectivity index (χ1n) is 10.8. The summed E-state index contributed by atoms with van der Waals surface area (Å²) < 4.78 is 13.2. The molecule has 0 aliphatic heterocycles. The van der Waals surface area contributed by atoms with Gasteiger partial charge in [-0.25, -0.2) is 9.18 Å². The number of phenolic OH excluding ortho intramolecular Hbond substituents is 1. The van der Waals surface area contributed by atoms with Gasteiger partial charge in [0.2, 0.25) is 0 Å². The van der Waals surface area contributed by atoms with Crippen molar-refractivity contribution in [3.63, 3.8) is 0 Å². The minimum absolute atomic E-state index is 0.273. The van der Waals surface area contributed by atoms with E-state index in [0.29, 0.717) is 12.0 Å². The van der Waals surface area contributed by atoms with Crippen molar-refractivity contribution in [2.24, 2.45) is 0 Å². The van der Waals surface area contributed by atoms with Crippen LogP contribution in [0, 0.1) is 5.82 Å². The zero-order valence-electron chi connectivity index (χ0n) is 17.7. The van der Waals surface area contributed by atoms with Crippen LogP contribution in [0.15, 0.2) is 78.9 Å². The summed E-state index contributed by atoms with van der Waals surface area (Å²) in [4.78, 5) is 11.7. The Bertz CT molecular complexity index is 1250. The lowest BCUT2D eigenvalue weighted by molar-refractivity contribution is 0.0695. The molecule has 0 radical (unpaired) electrons. The molecule has 0 aromatic heterocycles. The molecule has 162 valence electrons. The van der Waals surface area contributed by atoms with E-state index in [1.807, 2.05) is 18.2 Å². The standard InChI is InChI=1S/C28H25FO3/c29-25-12-8-20(9-13-25)22-11-15-27(28(31)32)24(17-22)5-3-1-2-4-19-6-7-23-18-26(30)14-10-21(23)16-19/h6-18,30H,1-5H2,(H,31,32). The molecular formula is C28H25FO3. The van der Waals surface area contributed by atoms with Gasteiger partial charge in [0.05, 0.1) is 5.56 Å². The molecule has 0 unspecified atom stereocenters. The highest BCUT2D eigenvalue weighted by Gasteiger charge is 2.11. The van der Waals surface area contributed by atoms with Crippen molar-refractivity contribution in [2.75, 3.05) is 0 Å². The molecule has 0 aliphatic carbocycles. The largest absolute Gasteiger partial charge is 0.508 e. The molecule has 2 N–H and O–H groups in total. The number of aryl methyl sites for hydroxylation is 2. The fourth-order valence-electron chi connectivity index (χ4n) is 4.09. The fraction of sp³-hybridized carbons (Fsp3) is 0.179. The summed E-state index contributed by atoms with van der Waals surface area (Å²) >= 11 is 0. The number of carboxylic acid groups (broad SMARTS) is 1. The predicted molar refractivity (Wildman–Crippen MR) is 126 cm³/mol. The number of aromatic hydroxyl groups is 1. The van der Waals surface area contributed by atoms with Gasteiger partial charge in [-0.2, -0.15) is 0 Å². The predicted octanol–water partition coefficient (Wildman–Crippen LogP) is 7.01. The number of benzene rings is 4. The molecule has 0 atom stereocenters. The van der Waals surface area contributed by atoms with E-state index < -0.39 is 5.97 Å². The minimum atomic E-state index is -0.923. The molecular weight excluding hydrogens is 403 g/mol. The molecule has 0 saturated heterocycles. The van der Waals surface area contributed by atoms with Gasteiger partial charge in [-0.15, -0.1) is 0 Å². The Morgan fingerprint density at radius 3 is 2.19 bits per heavy atom. The van der Waals surface area contributed by atoms with Crippen molar-refractivity contribution >= 4 is 16.7 Å². The number of carbonyl (C=O) groups is 1. The highest BCUT2D eigenvalue weighted by atomic mass is 19.1. The maximum absolute atomic E-state index is 13.2. The zero-order chi connectivity index (χ0) is 22.5. The summed E-state index contributed by atoms with van der Waals surface area (Å²) in [7, 11) is 0. The van der Waals surface area contributed by atoms with Crippen LogP contribution in [0.1, 0.15) is 40.7 Å². The van der Waals surface area contributed by atoms with Crippen molar-refractivity contribution in [1.82, 2.24) is 0 Å².